The van der Waals surface area contributed by atoms with Crippen LogP contribution in [0.25, 0.3) is 0 Å². The van der Waals surface area contributed by atoms with Crippen LogP contribution in [0.5, 0.6) is 0 Å². The highest BCUT2D eigenvalue weighted by molar-refractivity contribution is 5.90. The Morgan fingerprint density at radius 3 is 2.42 bits per heavy atom. The number of hydrogen-bond donors (Lipinski definition) is 1. The first-order valence-corrected chi connectivity index (χ1v) is 8.33. The molecule has 0 heterocycles. The van der Waals surface area contributed by atoms with Gasteiger partial charge in [0.15, 0.2) is 11.6 Å². The number of aliphatic carboxylic acids is 1. The summed E-state index contributed by atoms with van der Waals surface area (Å²) < 4.78 is 26.4. The van der Waals surface area contributed by atoms with Crippen LogP contribution in [0.2, 0.25) is 0 Å². The summed E-state index contributed by atoms with van der Waals surface area (Å²) in [6.45, 7) is 0. The first-order chi connectivity index (χ1) is 11.4. The van der Waals surface area contributed by atoms with Crippen molar-refractivity contribution < 1.29 is 23.5 Å². The molecule has 1 aromatic carbocycles. The Balaban J connectivity index is 1.75. The molecule has 0 aliphatic heterocycles. The van der Waals surface area contributed by atoms with Gasteiger partial charge in [0.2, 0.25) is 5.91 Å². The van der Waals surface area contributed by atoms with E-state index in [1.165, 1.54) is 11.0 Å². The molecule has 130 valence electrons. The lowest BCUT2D eigenvalue weighted by molar-refractivity contribution is -0.160. The number of carboxylic acids is 1. The van der Waals surface area contributed by atoms with Gasteiger partial charge in [-0.1, -0.05) is 25.3 Å². The summed E-state index contributed by atoms with van der Waals surface area (Å²) in [5.74, 6) is -3.51. The van der Waals surface area contributed by atoms with E-state index in [2.05, 4.69) is 0 Å². The summed E-state index contributed by atoms with van der Waals surface area (Å²) in [6.07, 6.45) is 4.05. The summed E-state index contributed by atoms with van der Waals surface area (Å²) >= 11 is 0. The molecule has 2 saturated carbocycles. The molecule has 0 spiro atoms. The molecule has 1 aromatic rings. The Labute approximate surface area is 139 Å². The molecule has 0 radical (unpaired) electrons. The number of likely N-dealkylation sites (N-methyl/N-ethyl adjacent to an activating group) is 1. The van der Waals surface area contributed by atoms with Crippen molar-refractivity contribution in [1.82, 2.24) is 4.90 Å². The number of carboxylic acid groups (broad SMARTS) is 1. The average molecular weight is 337 g/mol. The minimum Gasteiger partial charge on any atom is -0.479 e. The van der Waals surface area contributed by atoms with Gasteiger partial charge in [-0.3, -0.25) is 4.79 Å². The van der Waals surface area contributed by atoms with Crippen LogP contribution in [0.4, 0.5) is 8.78 Å². The Kier molecular flexibility index (Phi) is 4.32. The Bertz CT molecular complexity index is 670. The lowest BCUT2D eigenvalue weighted by Gasteiger charge is -2.41. The van der Waals surface area contributed by atoms with Gasteiger partial charge in [-0.05, 0) is 42.9 Å². The SMILES string of the molecule is CN(C(=O)C1CC1c1ccc(F)c(F)c1)C1(C(=O)O)CCCCC1. The first kappa shape index (κ1) is 16.9. The van der Waals surface area contributed by atoms with Crippen molar-refractivity contribution in [2.45, 2.75) is 50.0 Å². The van der Waals surface area contributed by atoms with Crippen molar-refractivity contribution in [2.24, 2.45) is 5.92 Å². The Morgan fingerprint density at radius 2 is 1.83 bits per heavy atom. The molecule has 3 rings (SSSR count). The first-order valence-electron chi connectivity index (χ1n) is 8.33. The number of nitrogens with zero attached hydrogens (tertiary/aromatic N) is 1. The number of benzene rings is 1. The highest BCUT2D eigenvalue weighted by Crippen LogP contribution is 2.50. The summed E-state index contributed by atoms with van der Waals surface area (Å²) in [7, 11) is 1.56. The largest absolute Gasteiger partial charge is 0.479 e. The van der Waals surface area contributed by atoms with Crippen molar-refractivity contribution in [2.75, 3.05) is 7.05 Å². The van der Waals surface area contributed by atoms with Crippen molar-refractivity contribution >= 4 is 11.9 Å². The number of halogens is 2. The van der Waals surface area contributed by atoms with Crippen LogP contribution in [-0.2, 0) is 9.59 Å². The van der Waals surface area contributed by atoms with E-state index < -0.39 is 23.1 Å². The lowest BCUT2D eigenvalue weighted by atomic mass is 9.80. The third-order valence-corrected chi connectivity index (χ3v) is 5.53. The quantitative estimate of drug-likeness (QED) is 0.917. The van der Waals surface area contributed by atoms with E-state index in [9.17, 15) is 23.5 Å². The molecule has 2 unspecified atom stereocenters. The fourth-order valence-corrected chi connectivity index (χ4v) is 3.87. The minimum atomic E-state index is -1.13. The average Bonchev–Trinajstić information content (AvgIpc) is 3.37. The van der Waals surface area contributed by atoms with E-state index >= 15 is 0 Å². The topological polar surface area (TPSA) is 57.6 Å². The van der Waals surface area contributed by atoms with Crippen LogP contribution in [0, 0.1) is 17.6 Å². The second-order valence-corrected chi connectivity index (χ2v) is 6.92. The van der Waals surface area contributed by atoms with Gasteiger partial charge in [-0.25, -0.2) is 13.6 Å². The zero-order chi connectivity index (χ0) is 17.5. The van der Waals surface area contributed by atoms with Gasteiger partial charge in [0.05, 0.1) is 0 Å². The molecule has 2 aliphatic carbocycles. The number of rotatable bonds is 4. The van der Waals surface area contributed by atoms with Gasteiger partial charge in [0.1, 0.15) is 5.54 Å². The number of carbonyl (C=O) groups excluding carboxylic acids is 1. The Hall–Kier alpha value is -1.98. The smallest absolute Gasteiger partial charge is 0.329 e. The molecule has 0 saturated heterocycles. The van der Waals surface area contributed by atoms with E-state index in [0.29, 0.717) is 24.8 Å². The van der Waals surface area contributed by atoms with Crippen molar-refractivity contribution in [1.29, 1.82) is 0 Å². The summed E-state index contributed by atoms with van der Waals surface area (Å²) in [5, 5.41) is 9.67. The van der Waals surface area contributed by atoms with Gasteiger partial charge in [0.25, 0.3) is 0 Å². The number of amides is 1. The molecule has 6 heteroatoms. The van der Waals surface area contributed by atoms with Crippen molar-refractivity contribution in [3.8, 4) is 0 Å². The van der Waals surface area contributed by atoms with Crippen LogP contribution in [0.3, 0.4) is 0 Å². The molecular weight excluding hydrogens is 316 g/mol. The molecule has 24 heavy (non-hydrogen) atoms. The summed E-state index contributed by atoms with van der Waals surface area (Å²) in [4.78, 5) is 25.9. The van der Waals surface area contributed by atoms with E-state index in [1.807, 2.05) is 0 Å². The summed E-state index contributed by atoms with van der Waals surface area (Å²) in [6, 6.07) is 3.68. The van der Waals surface area contributed by atoms with Gasteiger partial charge >= 0.3 is 5.97 Å². The van der Waals surface area contributed by atoms with Crippen LogP contribution >= 0.6 is 0 Å². The van der Waals surface area contributed by atoms with Crippen LogP contribution in [0.1, 0.15) is 50.0 Å². The van der Waals surface area contributed by atoms with E-state index in [-0.39, 0.29) is 17.7 Å². The molecule has 2 aliphatic rings. The van der Waals surface area contributed by atoms with Gasteiger partial charge in [0, 0.05) is 13.0 Å². The molecule has 1 amide bonds. The third-order valence-electron chi connectivity index (χ3n) is 5.53. The monoisotopic (exact) mass is 337 g/mol. The van der Waals surface area contributed by atoms with Gasteiger partial charge in [-0.2, -0.15) is 0 Å². The van der Waals surface area contributed by atoms with E-state index in [1.54, 1.807) is 7.05 Å². The standard InChI is InChI=1S/C18H21F2NO3/c1-21(18(17(23)24)7-3-2-4-8-18)16(22)13-10-12(13)11-5-6-14(19)15(20)9-11/h5-6,9,12-13H,2-4,7-8,10H2,1H3,(H,23,24). The zero-order valence-corrected chi connectivity index (χ0v) is 13.6. The van der Waals surface area contributed by atoms with Gasteiger partial charge < -0.3 is 10.0 Å². The minimum absolute atomic E-state index is 0.163. The molecule has 0 aromatic heterocycles. The predicted molar refractivity (Wildman–Crippen MR) is 83.4 cm³/mol. The van der Waals surface area contributed by atoms with Crippen molar-refractivity contribution in [3.63, 3.8) is 0 Å². The molecule has 1 N–H and O–H groups in total. The molecule has 4 nitrogen and oxygen atoms in total. The van der Waals surface area contributed by atoms with Crippen LogP contribution in [0.15, 0.2) is 18.2 Å². The molecule has 2 atom stereocenters. The second-order valence-electron chi connectivity index (χ2n) is 6.92. The highest BCUT2D eigenvalue weighted by Gasteiger charge is 2.52. The fraction of sp³-hybridized carbons (Fsp3) is 0.556. The third kappa shape index (κ3) is 2.78. The maximum absolute atomic E-state index is 13.4. The van der Waals surface area contributed by atoms with Crippen LogP contribution in [-0.4, -0.2) is 34.5 Å². The Morgan fingerprint density at radius 1 is 1.17 bits per heavy atom. The lowest BCUT2D eigenvalue weighted by Crippen LogP contribution is -2.56. The predicted octanol–water partition coefficient (Wildman–Crippen LogP) is 3.31. The normalized spacial score (nSPS) is 25.1. The fourth-order valence-electron chi connectivity index (χ4n) is 3.87. The molecular formula is C18H21F2NO3. The van der Waals surface area contributed by atoms with Gasteiger partial charge in [-0.15, -0.1) is 0 Å². The van der Waals surface area contributed by atoms with E-state index in [0.717, 1.165) is 31.4 Å². The maximum atomic E-state index is 13.4. The molecule has 2 fully saturated rings. The zero-order valence-electron chi connectivity index (χ0n) is 13.6. The van der Waals surface area contributed by atoms with E-state index in [4.69, 9.17) is 0 Å². The van der Waals surface area contributed by atoms with Crippen molar-refractivity contribution in [3.05, 3.63) is 35.4 Å². The number of carbonyl (C=O) groups is 2. The second kappa shape index (κ2) is 6.15. The summed E-state index contributed by atoms with van der Waals surface area (Å²) in [5.41, 5.74) is -0.537. The van der Waals surface area contributed by atoms with Crippen LogP contribution < -0.4 is 0 Å². The number of hydrogen-bond acceptors (Lipinski definition) is 2. The molecule has 0 bridgehead atoms. The maximum Gasteiger partial charge on any atom is 0.329 e. The highest BCUT2D eigenvalue weighted by atomic mass is 19.2.